The zero-order valence-electron chi connectivity index (χ0n) is 20.9. The molecule has 2 atom stereocenters. The summed E-state index contributed by atoms with van der Waals surface area (Å²) < 4.78 is 5.06. The molecule has 8 heteroatoms. The van der Waals surface area contributed by atoms with Gasteiger partial charge in [-0.1, -0.05) is 39.0 Å². The van der Waals surface area contributed by atoms with Gasteiger partial charge in [-0.25, -0.2) is 9.97 Å². The number of aliphatic hydroxyl groups is 1. The minimum atomic E-state index is 0.119. The number of amides is 1. The smallest absolute Gasteiger partial charge is 0.224 e. The first-order valence-corrected chi connectivity index (χ1v) is 12.6. The molecule has 34 heavy (non-hydrogen) atoms. The largest absolute Gasteiger partial charge is 0.396 e. The van der Waals surface area contributed by atoms with Gasteiger partial charge in [0.2, 0.25) is 11.7 Å². The van der Waals surface area contributed by atoms with Crippen LogP contribution in [0.3, 0.4) is 0 Å². The van der Waals surface area contributed by atoms with Crippen molar-refractivity contribution in [3.8, 4) is 0 Å². The molecule has 1 aromatic carbocycles. The summed E-state index contributed by atoms with van der Waals surface area (Å²) in [6.45, 7) is 10.7. The zero-order chi connectivity index (χ0) is 24.9. The number of nitrogens with zero attached hydrogens (tertiary/aromatic N) is 2. The summed E-state index contributed by atoms with van der Waals surface area (Å²) in [5.41, 5.74) is 6.16. The van der Waals surface area contributed by atoms with Crippen LogP contribution in [0.5, 0.6) is 0 Å². The van der Waals surface area contributed by atoms with Crippen LogP contribution in [0.1, 0.15) is 68.1 Å². The SMILES string of the molecule is CCCOCCNC=O.CCc1nc(Cl)nc(NC(C)c2cccc3c2CC(CO)C3)c1CC. The fourth-order valence-electron chi connectivity index (χ4n) is 4.30. The van der Waals surface area contributed by atoms with E-state index < -0.39 is 0 Å². The van der Waals surface area contributed by atoms with Gasteiger partial charge in [0.25, 0.3) is 0 Å². The van der Waals surface area contributed by atoms with E-state index in [9.17, 15) is 9.90 Å². The van der Waals surface area contributed by atoms with Crippen LogP contribution in [0.25, 0.3) is 0 Å². The first-order chi connectivity index (χ1) is 16.5. The van der Waals surface area contributed by atoms with Crippen LogP contribution in [-0.4, -0.2) is 47.8 Å². The third-order valence-electron chi connectivity index (χ3n) is 5.97. The molecule has 1 aromatic heterocycles. The highest BCUT2D eigenvalue weighted by molar-refractivity contribution is 6.28. The third kappa shape index (κ3) is 7.93. The molecule has 0 saturated heterocycles. The molecule has 0 saturated carbocycles. The second-order valence-corrected chi connectivity index (χ2v) is 8.80. The molecule has 188 valence electrons. The highest BCUT2D eigenvalue weighted by Gasteiger charge is 2.25. The minimum Gasteiger partial charge on any atom is -0.396 e. The quantitative estimate of drug-likeness (QED) is 0.233. The minimum absolute atomic E-state index is 0.119. The summed E-state index contributed by atoms with van der Waals surface area (Å²) in [4.78, 5) is 18.5. The third-order valence-corrected chi connectivity index (χ3v) is 6.13. The zero-order valence-corrected chi connectivity index (χ0v) is 21.6. The molecule has 1 aliphatic carbocycles. The molecule has 1 heterocycles. The van der Waals surface area contributed by atoms with Crippen molar-refractivity contribution in [2.75, 3.05) is 31.7 Å². The van der Waals surface area contributed by atoms with E-state index >= 15 is 0 Å². The van der Waals surface area contributed by atoms with Gasteiger partial charge in [0.15, 0.2) is 0 Å². The van der Waals surface area contributed by atoms with Gasteiger partial charge in [0, 0.05) is 25.3 Å². The van der Waals surface area contributed by atoms with Crippen LogP contribution in [0.15, 0.2) is 18.2 Å². The van der Waals surface area contributed by atoms with Crippen molar-refractivity contribution < 1.29 is 14.6 Å². The molecule has 2 unspecified atom stereocenters. The van der Waals surface area contributed by atoms with Crippen molar-refractivity contribution in [1.29, 1.82) is 0 Å². The van der Waals surface area contributed by atoms with E-state index in [4.69, 9.17) is 16.3 Å². The Hall–Kier alpha value is -2.22. The molecule has 0 fully saturated rings. The Morgan fingerprint density at radius 3 is 2.65 bits per heavy atom. The number of nitrogens with one attached hydrogen (secondary N) is 2. The number of fused-ring (bicyclic) bond motifs is 1. The highest BCUT2D eigenvalue weighted by atomic mass is 35.5. The average Bonchev–Trinajstić information content (AvgIpc) is 3.27. The van der Waals surface area contributed by atoms with E-state index in [1.165, 1.54) is 16.7 Å². The first-order valence-electron chi connectivity index (χ1n) is 12.3. The predicted molar refractivity (Wildman–Crippen MR) is 137 cm³/mol. The molecule has 7 nitrogen and oxygen atoms in total. The van der Waals surface area contributed by atoms with Gasteiger partial charge < -0.3 is 20.5 Å². The summed E-state index contributed by atoms with van der Waals surface area (Å²) in [7, 11) is 0. The Morgan fingerprint density at radius 1 is 1.21 bits per heavy atom. The fraction of sp³-hybridized carbons (Fsp3) is 0.577. The lowest BCUT2D eigenvalue weighted by molar-refractivity contribution is -0.109. The van der Waals surface area contributed by atoms with E-state index in [1.54, 1.807) is 0 Å². The van der Waals surface area contributed by atoms with E-state index in [2.05, 4.69) is 59.6 Å². The maximum absolute atomic E-state index is 9.67. The number of carbonyl (C=O) groups excluding carboxylic acids is 1. The second kappa shape index (κ2) is 14.9. The molecule has 1 aliphatic rings. The summed E-state index contributed by atoms with van der Waals surface area (Å²) in [6.07, 6.45) is 5.32. The Balaban J connectivity index is 0.000000387. The van der Waals surface area contributed by atoms with Gasteiger partial charge in [-0.15, -0.1) is 0 Å². The molecule has 0 radical (unpaired) electrons. The lowest BCUT2D eigenvalue weighted by Gasteiger charge is -2.21. The van der Waals surface area contributed by atoms with Crippen molar-refractivity contribution in [2.45, 2.75) is 65.8 Å². The molecular formula is C26H39ClN4O3. The van der Waals surface area contributed by atoms with Gasteiger partial charge in [-0.2, -0.15) is 0 Å². The normalized spacial score (nSPS) is 15.2. The number of halogens is 1. The molecular weight excluding hydrogens is 452 g/mol. The molecule has 0 spiro atoms. The number of ether oxygens (including phenoxy) is 1. The highest BCUT2D eigenvalue weighted by Crippen LogP contribution is 2.34. The Bertz CT molecular complexity index is 910. The number of aliphatic hydroxyl groups excluding tert-OH is 1. The van der Waals surface area contributed by atoms with Crippen LogP contribution in [0.4, 0.5) is 5.82 Å². The Labute approximate surface area is 208 Å². The predicted octanol–water partition coefficient (Wildman–Crippen LogP) is 4.29. The number of hydrogen-bond acceptors (Lipinski definition) is 6. The molecule has 1 amide bonds. The summed E-state index contributed by atoms with van der Waals surface area (Å²) >= 11 is 6.13. The average molecular weight is 491 g/mol. The molecule has 0 bridgehead atoms. The number of rotatable bonds is 12. The molecule has 3 rings (SSSR count). The van der Waals surface area contributed by atoms with Crippen molar-refractivity contribution in [1.82, 2.24) is 15.3 Å². The van der Waals surface area contributed by atoms with Crippen molar-refractivity contribution in [2.24, 2.45) is 5.92 Å². The van der Waals surface area contributed by atoms with Gasteiger partial charge in [0.05, 0.1) is 18.3 Å². The Kier molecular flexibility index (Phi) is 12.3. The molecule has 3 N–H and O–H groups in total. The maximum Gasteiger partial charge on any atom is 0.224 e. The van der Waals surface area contributed by atoms with Crippen LogP contribution >= 0.6 is 11.6 Å². The number of benzene rings is 1. The standard InChI is InChI=1S/C20H26ClN3O.C6H13NO2/c1-4-15-18(5-2)23-20(21)24-19(15)22-12(3)16-8-6-7-14-9-13(11-25)10-17(14)16;1-2-4-9-5-3-7-6-8/h6-8,12-13,25H,4-5,9-11H2,1-3H3,(H,22,23,24);6H,2-5H2,1H3,(H,7,8). The van der Waals surface area contributed by atoms with Gasteiger partial charge >= 0.3 is 0 Å². The number of carbonyl (C=O) groups is 1. The van der Waals surface area contributed by atoms with Crippen molar-refractivity contribution in [3.63, 3.8) is 0 Å². The monoisotopic (exact) mass is 490 g/mol. The van der Waals surface area contributed by atoms with E-state index in [0.29, 0.717) is 30.8 Å². The van der Waals surface area contributed by atoms with Crippen LogP contribution in [0.2, 0.25) is 5.28 Å². The maximum atomic E-state index is 9.67. The van der Waals surface area contributed by atoms with E-state index in [1.807, 2.05) is 6.92 Å². The number of aryl methyl sites for hydroxylation is 1. The van der Waals surface area contributed by atoms with Gasteiger partial charge in [-0.3, -0.25) is 4.79 Å². The van der Waals surface area contributed by atoms with Gasteiger partial charge in [0.1, 0.15) is 5.82 Å². The summed E-state index contributed by atoms with van der Waals surface area (Å²) in [6, 6.07) is 6.58. The van der Waals surface area contributed by atoms with Crippen molar-refractivity contribution in [3.05, 3.63) is 51.4 Å². The van der Waals surface area contributed by atoms with Gasteiger partial charge in [-0.05, 0) is 73.2 Å². The number of anilines is 1. The topological polar surface area (TPSA) is 96.4 Å². The fourth-order valence-corrected chi connectivity index (χ4v) is 4.49. The van der Waals surface area contributed by atoms with Crippen molar-refractivity contribution >= 4 is 23.8 Å². The lowest BCUT2D eigenvalue weighted by Crippen LogP contribution is -2.17. The second-order valence-electron chi connectivity index (χ2n) is 8.47. The van der Waals surface area contributed by atoms with Crippen LogP contribution in [0, 0.1) is 5.92 Å². The van der Waals surface area contributed by atoms with E-state index in [0.717, 1.165) is 55.8 Å². The number of aromatic nitrogens is 2. The van der Waals surface area contributed by atoms with Crippen LogP contribution < -0.4 is 10.6 Å². The Morgan fingerprint density at radius 2 is 2.00 bits per heavy atom. The first kappa shape index (κ1) is 28.0. The molecule has 2 aromatic rings. The molecule has 0 aliphatic heterocycles. The number of hydrogen-bond donors (Lipinski definition) is 3. The van der Waals surface area contributed by atoms with Crippen LogP contribution in [-0.2, 0) is 35.2 Å². The van der Waals surface area contributed by atoms with E-state index in [-0.39, 0.29) is 12.6 Å². The summed E-state index contributed by atoms with van der Waals surface area (Å²) in [5, 5.41) is 15.9. The lowest BCUT2D eigenvalue weighted by atomic mass is 9.97. The summed E-state index contributed by atoms with van der Waals surface area (Å²) in [5.74, 6) is 1.18.